The van der Waals surface area contributed by atoms with E-state index in [1.807, 2.05) is 19.1 Å². The Balaban J connectivity index is 2.18. The average molecular weight is 219 g/mol. The molecule has 0 radical (unpaired) electrons. The normalized spacial score (nSPS) is 19.6. The Bertz CT molecular complexity index is 356. The topological polar surface area (TPSA) is 46.2 Å². The van der Waals surface area contributed by atoms with Crippen LogP contribution in [0.1, 0.15) is 49.3 Å². The highest BCUT2D eigenvalue weighted by Gasteiger charge is 2.23. The number of phenolic OH excluding ortho intramolecular Hbond substituents is 1. The fraction of sp³-hybridized carbons (Fsp3) is 0.571. The first kappa shape index (κ1) is 11.5. The van der Waals surface area contributed by atoms with Crippen LogP contribution < -0.4 is 5.73 Å². The van der Waals surface area contributed by atoms with Gasteiger partial charge in [0.15, 0.2) is 0 Å². The zero-order chi connectivity index (χ0) is 11.5. The molecule has 1 aliphatic rings. The standard InChI is InChI=1S/C14H21NO/c1-10-7-8-13(16)12(9-10)14(15)11-5-3-2-4-6-11/h7-9,11,14,16H,2-6,15H2,1H3/t14-/m0/s1. The summed E-state index contributed by atoms with van der Waals surface area (Å²) in [5.41, 5.74) is 8.37. The molecule has 0 aromatic heterocycles. The molecule has 0 saturated heterocycles. The molecule has 1 fully saturated rings. The zero-order valence-corrected chi connectivity index (χ0v) is 9.95. The van der Waals surface area contributed by atoms with Gasteiger partial charge >= 0.3 is 0 Å². The van der Waals surface area contributed by atoms with Gasteiger partial charge in [0.2, 0.25) is 0 Å². The number of nitrogens with two attached hydrogens (primary N) is 1. The van der Waals surface area contributed by atoms with Gasteiger partial charge in [-0.15, -0.1) is 0 Å². The summed E-state index contributed by atoms with van der Waals surface area (Å²) in [4.78, 5) is 0. The van der Waals surface area contributed by atoms with Gasteiger partial charge in [-0.1, -0.05) is 37.0 Å². The smallest absolute Gasteiger partial charge is 0.120 e. The third-order valence-corrected chi connectivity index (χ3v) is 3.70. The Morgan fingerprint density at radius 3 is 2.62 bits per heavy atom. The van der Waals surface area contributed by atoms with Crippen LogP contribution in [0.15, 0.2) is 18.2 Å². The molecular weight excluding hydrogens is 198 g/mol. The lowest BCUT2D eigenvalue weighted by molar-refractivity contribution is 0.303. The summed E-state index contributed by atoms with van der Waals surface area (Å²) in [5, 5.41) is 9.86. The Labute approximate surface area is 97.5 Å². The van der Waals surface area contributed by atoms with Crippen molar-refractivity contribution in [1.29, 1.82) is 0 Å². The highest BCUT2D eigenvalue weighted by molar-refractivity contribution is 5.38. The molecule has 0 unspecified atom stereocenters. The summed E-state index contributed by atoms with van der Waals surface area (Å²) in [6.45, 7) is 2.04. The van der Waals surface area contributed by atoms with Crippen molar-refractivity contribution in [3.63, 3.8) is 0 Å². The molecule has 0 aliphatic heterocycles. The van der Waals surface area contributed by atoms with Gasteiger partial charge in [0.05, 0.1) is 0 Å². The second-order valence-electron chi connectivity index (χ2n) is 4.99. The second kappa shape index (κ2) is 4.88. The number of benzene rings is 1. The van der Waals surface area contributed by atoms with Crippen molar-refractivity contribution in [3.05, 3.63) is 29.3 Å². The monoisotopic (exact) mass is 219 g/mol. The predicted octanol–water partition coefficient (Wildman–Crippen LogP) is 3.28. The average Bonchev–Trinajstić information content (AvgIpc) is 2.32. The second-order valence-corrected chi connectivity index (χ2v) is 4.99. The van der Waals surface area contributed by atoms with Crippen molar-refractivity contribution in [2.24, 2.45) is 11.7 Å². The summed E-state index contributed by atoms with van der Waals surface area (Å²) >= 11 is 0. The molecule has 0 amide bonds. The third kappa shape index (κ3) is 2.38. The SMILES string of the molecule is Cc1ccc(O)c([C@@H](N)C2CCCCC2)c1. The first-order valence-electron chi connectivity index (χ1n) is 6.23. The third-order valence-electron chi connectivity index (χ3n) is 3.70. The van der Waals surface area contributed by atoms with Crippen molar-refractivity contribution in [1.82, 2.24) is 0 Å². The molecule has 1 aromatic carbocycles. The summed E-state index contributed by atoms with van der Waals surface area (Å²) in [5.74, 6) is 0.894. The van der Waals surface area contributed by atoms with Gasteiger partial charge in [-0.2, -0.15) is 0 Å². The Morgan fingerprint density at radius 1 is 1.25 bits per heavy atom. The minimum Gasteiger partial charge on any atom is -0.508 e. The van der Waals surface area contributed by atoms with Gasteiger partial charge in [0, 0.05) is 11.6 Å². The van der Waals surface area contributed by atoms with Crippen LogP contribution in [0, 0.1) is 12.8 Å². The molecule has 16 heavy (non-hydrogen) atoms. The van der Waals surface area contributed by atoms with Crippen molar-refractivity contribution in [3.8, 4) is 5.75 Å². The first-order valence-corrected chi connectivity index (χ1v) is 6.23. The molecule has 2 nitrogen and oxygen atoms in total. The van der Waals surface area contributed by atoms with Crippen LogP contribution in [0.5, 0.6) is 5.75 Å². The van der Waals surface area contributed by atoms with E-state index in [1.54, 1.807) is 6.07 Å². The van der Waals surface area contributed by atoms with E-state index in [4.69, 9.17) is 5.73 Å². The van der Waals surface area contributed by atoms with Crippen LogP contribution in [-0.2, 0) is 0 Å². The summed E-state index contributed by atoms with van der Waals surface area (Å²) in [7, 11) is 0. The highest BCUT2D eigenvalue weighted by Crippen LogP contribution is 2.36. The molecule has 1 saturated carbocycles. The van der Waals surface area contributed by atoms with Crippen LogP contribution in [0.2, 0.25) is 0 Å². The van der Waals surface area contributed by atoms with E-state index in [-0.39, 0.29) is 6.04 Å². The number of rotatable bonds is 2. The molecule has 0 bridgehead atoms. The van der Waals surface area contributed by atoms with Crippen molar-refractivity contribution < 1.29 is 5.11 Å². The maximum Gasteiger partial charge on any atom is 0.120 e. The summed E-state index contributed by atoms with van der Waals surface area (Å²) < 4.78 is 0. The first-order chi connectivity index (χ1) is 7.68. The quantitative estimate of drug-likeness (QED) is 0.801. The van der Waals surface area contributed by atoms with Crippen molar-refractivity contribution >= 4 is 0 Å². The lowest BCUT2D eigenvalue weighted by atomic mass is 9.81. The van der Waals surface area contributed by atoms with Gasteiger partial charge < -0.3 is 10.8 Å². The van der Waals surface area contributed by atoms with E-state index < -0.39 is 0 Å². The van der Waals surface area contributed by atoms with Gasteiger partial charge in [-0.25, -0.2) is 0 Å². The van der Waals surface area contributed by atoms with Crippen LogP contribution in [0.25, 0.3) is 0 Å². The number of hydrogen-bond donors (Lipinski definition) is 2. The molecule has 88 valence electrons. The van der Waals surface area contributed by atoms with Gasteiger partial charge in [-0.05, 0) is 31.7 Å². The fourth-order valence-corrected chi connectivity index (χ4v) is 2.69. The molecule has 2 rings (SSSR count). The minimum absolute atomic E-state index is 0.000185. The lowest BCUT2D eigenvalue weighted by Crippen LogP contribution is -2.23. The van der Waals surface area contributed by atoms with E-state index in [2.05, 4.69) is 0 Å². The Hall–Kier alpha value is -1.02. The van der Waals surface area contributed by atoms with Crippen LogP contribution in [-0.4, -0.2) is 5.11 Å². The molecule has 1 atom stereocenters. The van der Waals surface area contributed by atoms with E-state index in [0.29, 0.717) is 11.7 Å². The summed E-state index contributed by atoms with van der Waals surface area (Å²) in [6, 6.07) is 5.70. The van der Waals surface area contributed by atoms with E-state index in [9.17, 15) is 5.11 Å². The molecular formula is C14H21NO. The molecule has 1 aliphatic carbocycles. The zero-order valence-electron chi connectivity index (χ0n) is 9.95. The number of aromatic hydroxyl groups is 1. The summed E-state index contributed by atoms with van der Waals surface area (Å²) in [6.07, 6.45) is 6.31. The number of hydrogen-bond acceptors (Lipinski definition) is 2. The molecule has 1 aromatic rings. The molecule has 0 heterocycles. The largest absolute Gasteiger partial charge is 0.508 e. The number of phenols is 1. The minimum atomic E-state index is 0.000185. The molecule has 3 N–H and O–H groups in total. The van der Waals surface area contributed by atoms with E-state index in [1.165, 1.54) is 37.7 Å². The van der Waals surface area contributed by atoms with Gasteiger partial charge in [-0.3, -0.25) is 0 Å². The van der Waals surface area contributed by atoms with Gasteiger partial charge in [0.25, 0.3) is 0 Å². The highest BCUT2D eigenvalue weighted by atomic mass is 16.3. The van der Waals surface area contributed by atoms with Crippen LogP contribution in [0.4, 0.5) is 0 Å². The van der Waals surface area contributed by atoms with Crippen LogP contribution in [0.3, 0.4) is 0 Å². The van der Waals surface area contributed by atoms with Crippen LogP contribution >= 0.6 is 0 Å². The Morgan fingerprint density at radius 2 is 1.94 bits per heavy atom. The van der Waals surface area contributed by atoms with Crippen molar-refractivity contribution in [2.45, 2.75) is 45.1 Å². The number of aryl methyl sites for hydroxylation is 1. The maximum absolute atomic E-state index is 9.86. The molecule has 2 heteroatoms. The Kier molecular flexibility index (Phi) is 3.49. The molecule has 0 spiro atoms. The fourth-order valence-electron chi connectivity index (χ4n) is 2.69. The van der Waals surface area contributed by atoms with Gasteiger partial charge in [0.1, 0.15) is 5.75 Å². The maximum atomic E-state index is 9.86. The predicted molar refractivity (Wildman–Crippen MR) is 66.3 cm³/mol. The van der Waals surface area contributed by atoms with Crippen molar-refractivity contribution in [2.75, 3.05) is 0 Å². The lowest BCUT2D eigenvalue weighted by Gasteiger charge is -2.28. The van der Waals surface area contributed by atoms with E-state index in [0.717, 1.165) is 5.56 Å². The van der Waals surface area contributed by atoms with E-state index >= 15 is 0 Å².